The third-order valence-electron chi connectivity index (χ3n) is 9.15. The molecule has 7 rings (SSSR count). The first-order valence-corrected chi connectivity index (χ1v) is 18.8. The molecule has 0 aliphatic carbocycles. The third kappa shape index (κ3) is 9.39. The average molecular weight is 771 g/mol. The number of hydrogen-bond donors (Lipinski definition) is 3. The molecule has 19 heteroatoms. The van der Waals surface area contributed by atoms with Gasteiger partial charge >= 0.3 is 13.5 Å². The molecule has 0 spiro atoms. The fourth-order valence-corrected chi connectivity index (χ4v) is 6.24. The van der Waals surface area contributed by atoms with Crippen molar-refractivity contribution in [1.82, 2.24) is 29.1 Å². The molecule has 0 amide bonds. The Balaban J connectivity index is 0.000000934. The summed E-state index contributed by atoms with van der Waals surface area (Å²) in [5.41, 5.74) is 2.95. The van der Waals surface area contributed by atoms with Crippen LogP contribution in [0.25, 0.3) is 5.69 Å². The van der Waals surface area contributed by atoms with Crippen molar-refractivity contribution in [1.29, 1.82) is 0 Å². The highest BCUT2D eigenvalue weighted by atomic mass is 31.2. The lowest BCUT2D eigenvalue weighted by Gasteiger charge is -2.37. The van der Waals surface area contributed by atoms with Gasteiger partial charge in [0.05, 0.1) is 18.3 Å². The summed E-state index contributed by atoms with van der Waals surface area (Å²) in [4.78, 5) is 43.0. The zero-order valence-electron chi connectivity index (χ0n) is 29.6. The fourth-order valence-electron chi connectivity index (χ4n) is 6.24. The minimum atomic E-state index is -4.64. The maximum Gasteiger partial charge on any atom is 0.466 e. The Labute approximate surface area is 309 Å². The first kappa shape index (κ1) is 38.7. The molecule has 4 heterocycles. The van der Waals surface area contributed by atoms with Crippen LogP contribution in [-0.4, -0.2) is 89.3 Å². The van der Waals surface area contributed by atoms with Gasteiger partial charge in [0.15, 0.2) is 0 Å². The van der Waals surface area contributed by atoms with Crippen molar-refractivity contribution in [2.75, 3.05) is 49.2 Å². The number of ether oxygens (including phenoxy) is 3. The predicted molar refractivity (Wildman–Crippen MR) is 192 cm³/mol. The zero-order valence-corrected chi connectivity index (χ0v) is 30.5. The summed E-state index contributed by atoms with van der Waals surface area (Å²) in [6, 6.07) is 19.3. The minimum Gasteiger partial charge on any atom is -0.491 e. The van der Waals surface area contributed by atoms with Gasteiger partial charge in [0, 0.05) is 49.2 Å². The van der Waals surface area contributed by atoms with Crippen LogP contribution in [0, 0.1) is 11.6 Å². The van der Waals surface area contributed by atoms with Gasteiger partial charge in [0.2, 0.25) is 5.79 Å². The Morgan fingerprint density at radius 3 is 2.11 bits per heavy atom. The molecule has 3 N–H and O–H groups in total. The number of benzene rings is 3. The summed E-state index contributed by atoms with van der Waals surface area (Å²) in [6.45, 7) is 7.80. The van der Waals surface area contributed by atoms with Crippen LogP contribution in [0.1, 0.15) is 31.9 Å². The topological polar surface area (TPSA) is 182 Å². The fraction of sp³-hybridized carbons (Fsp3) is 0.371. The monoisotopic (exact) mass is 770 g/mol. The molecule has 0 radical (unpaired) electrons. The van der Waals surface area contributed by atoms with Crippen molar-refractivity contribution < 1.29 is 42.2 Å². The van der Waals surface area contributed by atoms with Gasteiger partial charge in [-0.2, -0.15) is 10.2 Å². The van der Waals surface area contributed by atoms with Gasteiger partial charge in [0.1, 0.15) is 55.6 Å². The SMILES string of the molecule is CCC(C)n1ncn(-c2ccc(N3CCN(c4ccc(OC[C@H]5CO[C@](Cn6cncn6)(c6ccc(F)cc6F)O5)cc4)CC3)cc2)c1=O.O=P(O)(O)O. The Kier molecular flexibility index (Phi) is 11.9. The third-order valence-corrected chi connectivity index (χ3v) is 9.15. The molecule has 2 aromatic heterocycles. The Morgan fingerprint density at radius 2 is 1.54 bits per heavy atom. The molecule has 3 aromatic carbocycles. The van der Waals surface area contributed by atoms with Crippen LogP contribution in [0.2, 0.25) is 0 Å². The molecule has 1 unspecified atom stereocenters. The van der Waals surface area contributed by atoms with Crippen LogP contribution in [0.4, 0.5) is 20.2 Å². The number of hydrogen-bond acceptors (Lipinski definition) is 10. The normalized spacial score (nSPS) is 19.4. The summed E-state index contributed by atoms with van der Waals surface area (Å²) < 4.78 is 60.3. The van der Waals surface area contributed by atoms with Gasteiger partial charge in [-0.05, 0) is 74.0 Å². The smallest absolute Gasteiger partial charge is 0.466 e. The highest BCUT2D eigenvalue weighted by Crippen LogP contribution is 2.38. The highest BCUT2D eigenvalue weighted by Gasteiger charge is 2.46. The van der Waals surface area contributed by atoms with Gasteiger partial charge in [-0.25, -0.2) is 37.1 Å². The van der Waals surface area contributed by atoms with Crippen LogP contribution >= 0.6 is 7.82 Å². The number of halogens is 2. The molecular weight excluding hydrogens is 729 g/mol. The van der Waals surface area contributed by atoms with Crippen molar-refractivity contribution in [2.45, 2.75) is 44.7 Å². The molecule has 0 saturated carbocycles. The van der Waals surface area contributed by atoms with Crippen LogP contribution in [0.5, 0.6) is 5.75 Å². The Morgan fingerprint density at radius 1 is 0.926 bits per heavy atom. The Hall–Kier alpha value is -4.97. The van der Waals surface area contributed by atoms with Crippen molar-refractivity contribution >= 4 is 19.2 Å². The number of nitrogens with zero attached hydrogens (tertiary/aromatic N) is 8. The van der Waals surface area contributed by atoms with E-state index in [9.17, 15) is 13.6 Å². The van der Waals surface area contributed by atoms with Crippen molar-refractivity contribution in [3.63, 3.8) is 0 Å². The largest absolute Gasteiger partial charge is 0.491 e. The lowest BCUT2D eigenvalue weighted by atomic mass is 10.0. The summed E-state index contributed by atoms with van der Waals surface area (Å²) in [5.74, 6) is -2.30. The first-order chi connectivity index (χ1) is 25.8. The van der Waals surface area contributed by atoms with E-state index in [4.69, 9.17) is 33.5 Å². The number of anilines is 2. The van der Waals surface area contributed by atoms with E-state index in [2.05, 4.69) is 37.1 Å². The summed E-state index contributed by atoms with van der Waals surface area (Å²) in [5, 5.41) is 8.39. The molecule has 16 nitrogen and oxygen atoms in total. The quantitative estimate of drug-likeness (QED) is 0.166. The lowest BCUT2D eigenvalue weighted by molar-refractivity contribution is -0.192. The van der Waals surface area contributed by atoms with Gasteiger partial charge in [-0.3, -0.25) is 0 Å². The standard InChI is InChI=1S/C35H38F2N8O4.H3O4P/c1-3-25(2)45-34(46)44(24-40-45)29-7-5-27(6-8-29)41-14-16-42(17-15-41)28-9-11-30(12-10-28)47-19-31-20-48-35(49-31,21-43-23-38-22-39-43)32-13-4-26(36)18-33(32)37;1-5(2,3)4/h4-13,18,22-25,31H,3,14-17,19-21H2,1-2H3;(H3,1,2,3,4)/t25?,31-,35-;/m0./s1. The summed E-state index contributed by atoms with van der Waals surface area (Å²) in [7, 11) is -4.64. The Bertz CT molecular complexity index is 2080. The van der Waals surface area contributed by atoms with Gasteiger partial charge in [0.25, 0.3) is 0 Å². The van der Waals surface area contributed by atoms with Crippen molar-refractivity contribution in [3.05, 3.63) is 113 Å². The average Bonchev–Trinajstić information content (AvgIpc) is 3.91. The van der Waals surface area contributed by atoms with E-state index in [1.165, 1.54) is 34.2 Å². The zero-order chi connectivity index (χ0) is 38.5. The lowest BCUT2D eigenvalue weighted by Crippen LogP contribution is -2.46. The number of rotatable bonds is 11. The second-order valence-corrected chi connectivity index (χ2v) is 13.8. The van der Waals surface area contributed by atoms with E-state index in [1.807, 2.05) is 50.2 Å². The molecule has 3 atom stereocenters. The van der Waals surface area contributed by atoms with Crippen LogP contribution < -0.4 is 20.2 Å². The van der Waals surface area contributed by atoms with Gasteiger partial charge < -0.3 is 38.7 Å². The highest BCUT2D eigenvalue weighted by molar-refractivity contribution is 7.45. The van der Waals surface area contributed by atoms with E-state index in [0.717, 1.165) is 55.7 Å². The second-order valence-electron chi connectivity index (χ2n) is 12.8. The van der Waals surface area contributed by atoms with E-state index in [-0.39, 0.29) is 37.1 Å². The van der Waals surface area contributed by atoms with Crippen molar-refractivity contribution in [3.8, 4) is 11.4 Å². The molecule has 0 bridgehead atoms. The van der Waals surface area contributed by atoms with Crippen LogP contribution in [0.3, 0.4) is 0 Å². The van der Waals surface area contributed by atoms with Gasteiger partial charge in [-0.1, -0.05) is 6.92 Å². The molecule has 2 aliphatic rings. The molecule has 288 valence electrons. The van der Waals surface area contributed by atoms with Crippen LogP contribution in [-0.2, 0) is 26.4 Å². The molecular formula is C35H41F2N8O8P. The molecule has 2 fully saturated rings. The maximum absolute atomic E-state index is 14.9. The van der Waals surface area contributed by atoms with E-state index < -0.39 is 31.3 Å². The molecule has 2 aliphatic heterocycles. The second kappa shape index (κ2) is 16.6. The van der Waals surface area contributed by atoms with E-state index in [1.54, 1.807) is 10.9 Å². The van der Waals surface area contributed by atoms with E-state index in [0.29, 0.717) is 5.75 Å². The summed E-state index contributed by atoms with van der Waals surface area (Å²) in [6.07, 6.45) is 4.77. The maximum atomic E-state index is 14.9. The number of piperazine rings is 1. The first-order valence-electron chi connectivity index (χ1n) is 17.2. The minimum absolute atomic E-state index is 0.0334. The molecule has 54 heavy (non-hydrogen) atoms. The molecule has 5 aromatic rings. The van der Waals surface area contributed by atoms with Crippen LogP contribution in [0.15, 0.2) is 90.5 Å². The summed E-state index contributed by atoms with van der Waals surface area (Å²) >= 11 is 0. The van der Waals surface area contributed by atoms with E-state index >= 15 is 0 Å². The number of phosphoric acid groups is 1. The predicted octanol–water partition coefficient (Wildman–Crippen LogP) is 3.62. The molecule has 2 saturated heterocycles. The number of aromatic nitrogens is 6. The van der Waals surface area contributed by atoms with Gasteiger partial charge in [-0.15, -0.1) is 0 Å². The van der Waals surface area contributed by atoms with Crippen molar-refractivity contribution in [2.24, 2.45) is 0 Å².